The molecule has 0 saturated heterocycles. The van der Waals surface area contributed by atoms with Gasteiger partial charge in [-0.05, 0) is 49.2 Å². The summed E-state index contributed by atoms with van der Waals surface area (Å²) in [6.07, 6.45) is 0. The maximum atomic E-state index is 14.4. The normalized spacial score (nSPS) is 13.0. The molecule has 6 heteroatoms. The minimum atomic E-state index is -0.332. The van der Waals surface area contributed by atoms with Crippen molar-refractivity contribution in [1.82, 2.24) is 9.88 Å². The molecule has 0 aliphatic carbocycles. The Hall–Kier alpha value is -3.41. The lowest BCUT2D eigenvalue weighted by Crippen LogP contribution is -2.23. The van der Waals surface area contributed by atoms with E-state index in [-0.39, 0.29) is 24.0 Å². The van der Waals surface area contributed by atoms with Crippen molar-refractivity contribution in [3.05, 3.63) is 76.2 Å². The largest absolute Gasteiger partial charge is 0.507 e. The van der Waals surface area contributed by atoms with Crippen LogP contribution in [0.1, 0.15) is 32.7 Å². The number of amides is 1. The second-order valence-electron chi connectivity index (χ2n) is 7.23. The van der Waals surface area contributed by atoms with Crippen molar-refractivity contribution < 1.29 is 19.0 Å². The number of aryl methyl sites for hydroxylation is 2. The monoisotopic (exact) mass is 392 g/mol. The number of phenols is 1. The van der Waals surface area contributed by atoms with Gasteiger partial charge in [0.2, 0.25) is 0 Å². The summed E-state index contributed by atoms with van der Waals surface area (Å²) in [6.45, 7) is 4.24. The maximum absolute atomic E-state index is 14.4. The zero-order chi connectivity index (χ0) is 20.7. The van der Waals surface area contributed by atoms with Crippen LogP contribution in [0.2, 0.25) is 0 Å². The molecule has 0 bridgehead atoms. The zero-order valence-corrected chi connectivity index (χ0v) is 16.5. The van der Waals surface area contributed by atoms with Gasteiger partial charge in [0.1, 0.15) is 17.3 Å². The van der Waals surface area contributed by atoms with E-state index in [0.29, 0.717) is 40.4 Å². The number of benzene rings is 2. The molecule has 1 aliphatic heterocycles. The lowest BCUT2D eigenvalue weighted by atomic mass is 10.0. The van der Waals surface area contributed by atoms with Gasteiger partial charge in [0.05, 0.1) is 37.2 Å². The second-order valence-corrected chi connectivity index (χ2v) is 7.23. The molecule has 0 saturated carbocycles. The zero-order valence-electron chi connectivity index (χ0n) is 16.5. The number of carbonyl (C=O) groups is 1. The highest BCUT2D eigenvalue weighted by atomic mass is 19.1. The summed E-state index contributed by atoms with van der Waals surface area (Å²) in [7, 11) is 1.53. The van der Waals surface area contributed by atoms with E-state index in [1.807, 2.05) is 19.9 Å². The number of carbonyl (C=O) groups excluding carboxylic acids is 1. The molecule has 2 aromatic carbocycles. The third-order valence-corrected chi connectivity index (χ3v) is 5.27. The van der Waals surface area contributed by atoms with Crippen molar-refractivity contribution in [2.24, 2.45) is 0 Å². The molecular formula is C23H21FN2O3. The summed E-state index contributed by atoms with van der Waals surface area (Å²) < 4.78 is 19.5. The van der Waals surface area contributed by atoms with Crippen LogP contribution in [0.4, 0.5) is 4.39 Å². The van der Waals surface area contributed by atoms with E-state index in [0.717, 1.165) is 11.1 Å². The van der Waals surface area contributed by atoms with Gasteiger partial charge in [-0.15, -0.1) is 0 Å². The van der Waals surface area contributed by atoms with Crippen LogP contribution >= 0.6 is 0 Å². The molecule has 3 aromatic rings. The highest BCUT2D eigenvalue weighted by Crippen LogP contribution is 2.33. The van der Waals surface area contributed by atoms with Crippen molar-refractivity contribution in [1.29, 1.82) is 0 Å². The van der Waals surface area contributed by atoms with E-state index in [2.05, 4.69) is 4.98 Å². The van der Waals surface area contributed by atoms with Crippen LogP contribution in [0.25, 0.3) is 11.3 Å². The van der Waals surface area contributed by atoms with Crippen molar-refractivity contribution in [3.63, 3.8) is 0 Å². The number of nitrogens with zero attached hydrogens (tertiary/aromatic N) is 2. The van der Waals surface area contributed by atoms with Crippen molar-refractivity contribution in [3.8, 4) is 22.8 Å². The van der Waals surface area contributed by atoms with Gasteiger partial charge in [0.25, 0.3) is 5.91 Å². The van der Waals surface area contributed by atoms with Crippen molar-refractivity contribution >= 4 is 5.91 Å². The molecule has 1 N–H and O–H groups in total. The molecule has 0 fully saturated rings. The van der Waals surface area contributed by atoms with Gasteiger partial charge >= 0.3 is 0 Å². The van der Waals surface area contributed by atoms with Gasteiger partial charge in [0.15, 0.2) is 0 Å². The Bertz CT molecular complexity index is 1110. The van der Waals surface area contributed by atoms with Gasteiger partial charge in [-0.1, -0.05) is 12.1 Å². The summed E-state index contributed by atoms with van der Waals surface area (Å²) in [5.41, 5.74) is 4.34. The average molecular weight is 392 g/mol. The smallest absolute Gasteiger partial charge is 0.256 e. The Morgan fingerprint density at radius 3 is 2.62 bits per heavy atom. The van der Waals surface area contributed by atoms with Gasteiger partial charge in [0, 0.05) is 17.2 Å². The molecule has 2 heterocycles. The summed E-state index contributed by atoms with van der Waals surface area (Å²) in [5, 5.41) is 10.2. The van der Waals surface area contributed by atoms with E-state index < -0.39 is 0 Å². The molecule has 1 amide bonds. The lowest BCUT2D eigenvalue weighted by Gasteiger charge is -2.16. The van der Waals surface area contributed by atoms with Gasteiger partial charge in [-0.2, -0.15) is 0 Å². The Balaban J connectivity index is 1.67. The quantitative estimate of drug-likeness (QED) is 0.716. The molecular weight excluding hydrogens is 371 g/mol. The predicted octanol–water partition coefficient (Wildman–Crippen LogP) is 4.37. The molecule has 148 valence electrons. The number of fused-ring (bicyclic) bond motifs is 1. The third-order valence-electron chi connectivity index (χ3n) is 5.27. The van der Waals surface area contributed by atoms with E-state index >= 15 is 0 Å². The van der Waals surface area contributed by atoms with Crippen molar-refractivity contribution in [2.45, 2.75) is 26.9 Å². The van der Waals surface area contributed by atoms with Gasteiger partial charge in [-0.3, -0.25) is 4.79 Å². The lowest BCUT2D eigenvalue weighted by molar-refractivity contribution is 0.0765. The van der Waals surface area contributed by atoms with Crippen molar-refractivity contribution in [2.75, 3.05) is 7.11 Å². The molecule has 0 spiro atoms. The predicted molar refractivity (Wildman–Crippen MR) is 107 cm³/mol. The van der Waals surface area contributed by atoms with Crippen LogP contribution < -0.4 is 4.74 Å². The maximum Gasteiger partial charge on any atom is 0.256 e. The molecule has 0 atom stereocenters. The Morgan fingerprint density at radius 1 is 1.14 bits per heavy atom. The first-order valence-corrected chi connectivity index (χ1v) is 9.30. The van der Waals surface area contributed by atoms with Crippen LogP contribution in [0, 0.1) is 19.7 Å². The molecule has 0 unspecified atom stereocenters. The minimum absolute atomic E-state index is 0.0699. The van der Waals surface area contributed by atoms with E-state index in [1.165, 1.54) is 19.2 Å². The third kappa shape index (κ3) is 3.31. The average Bonchev–Trinajstić information content (AvgIpc) is 2.99. The first kappa shape index (κ1) is 18.9. The van der Waals surface area contributed by atoms with E-state index in [9.17, 15) is 14.3 Å². The number of phenolic OH excluding ortho intramolecular Hbond substituents is 1. The fraction of sp³-hybridized carbons (Fsp3) is 0.217. The molecule has 4 rings (SSSR count). The molecule has 29 heavy (non-hydrogen) atoms. The topological polar surface area (TPSA) is 62.7 Å². The number of hydrogen-bond acceptors (Lipinski definition) is 4. The molecule has 1 aromatic heterocycles. The Morgan fingerprint density at radius 2 is 1.93 bits per heavy atom. The number of aromatic hydroxyl groups is 1. The summed E-state index contributed by atoms with van der Waals surface area (Å²) in [6, 6.07) is 11.7. The summed E-state index contributed by atoms with van der Waals surface area (Å²) in [5.74, 6) is 0.142. The highest BCUT2D eigenvalue weighted by molar-refractivity contribution is 5.99. The Labute approximate surface area is 168 Å². The van der Waals surface area contributed by atoms with Crippen LogP contribution in [0.15, 0.2) is 42.5 Å². The van der Waals surface area contributed by atoms with Gasteiger partial charge < -0.3 is 14.7 Å². The fourth-order valence-electron chi connectivity index (χ4n) is 3.78. The molecule has 0 radical (unpaired) electrons. The minimum Gasteiger partial charge on any atom is -0.507 e. The number of aromatic nitrogens is 1. The molecule has 5 nitrogen and oxygen atoms in total. The van der Waals surface area contributed by atoms with Gasteiger partial charge in [-0.25, -0.2) is 9.37 Å². The molecule has 1 aliphatic rings. The number of halogens is 1. The van der Waals surface area contributed by atoms with E-state index in [1.54, 1.807) is 29.2 Å². The van der Waals surface area contributed by atoms with Crippen LogP contribution in [0.5, 0.6) is 11.5 Å². The summed E-state index contributed by atoms with van der Waals surface area (Å²) in [4.78, 5) is 19.2. The number of hydrogen-bond donors (Lipinski definition) is 1. The Kier molecular flexibility index (Phi) is 4.70. The summed E-state index contributed by atoms with van der Waals surface area (Å²) >= 11 is 0. The highest BCUT2D eigenvalue weighted by Gasteiger charge is 2.31. The number of methoxy groups -OCH3 is 1. The fourth-order valence-corrected chi connectivity index (χ4v) is 3.78. The van der Waals surface area contributed by atoms with Crippen LogP contribution in [-0.2, 0) is 13.1 Å². The second kappa shape index (κ2) is 7.20. The first-order valence-electron chi connectivity index (χ1n) is 9.30. The standard InChI is InChI=1S/C23H21FN2O3/c1-13-5-4-6-17(24)21(13)18-9-14(2)22-19(25-18)12-26(23(22)28)11-15-7-8-16(29-3)10-20(15)27/h4-10,27H,11-12H2,1-3H3. The number of rotatable bonds is 4. The van der Waals surface area contributed by atoms with E-state index in [4.69, 9.17) is 4.74 Å². The van der Waals surface area contributed by atoms with Crippen LogP contribution in [-0.4, -0.2) is 28.0 Å². The van der Waals surface area contributed by atoms with Crippen LogP contribution in [0.3, 0.4) is 0 Å². The SMILES string of the molecule is COc1ccc(CN2Cc3nc(-c4c(C)cccc4F)cc(C)c3C2=O)c(O)c1. The number of ether oxygens (including phenoxy) is 1. The number of pyridine rings is 1. The first-order chi connectivity index (χ1) is 13.9.